The molecule has 1 heterocycles. The fraction of sp³-hybridized carbons (Fsp3) is 0.0455. The van der Waals surface area contributed by atoms with Gasteiger partial charge in [0.25, 0.3) is 0 Å². The number of halogens is 2. The van der Waals surface area contributed by atoms with E-state index in [9.17, 15) is 9.59 Å². The Balaban J connectivity index is 1.54. The molecular weight excluding hydrogens is 423 g/mol. The van der Waals surface area contributed by atoms with Gasteiger partial charge < -0.3 is 11.1 Å². The Morgan fingerprint density at radius 2 is 1.87 bits per heavy atom. The van der Waals surface area contributed by atoms with Crippen LogP contribution in [0.2, 0.25) is 10.0 Å². The van der Waals surface area contributed by atoms with E-state index in [2.05, 4.69) is 10.4 Å². The van der Waals surface area contributed by atoms with Gasteiger partial charge in [0, 0.05) is 32.9 Å². The number of anilines is 1. The molecule has 0 unspecified atom stereocenters. The molecule has 30 heavy (non-hydrogen) atoms. The Labute approximate surface area is 182 Å². The first-order valence-electron chi connectivity index (χ1n) is 9.10. The molecule has 150 valence electrons. The molecule has 6 nitrogen and oxygen atoms in total. The summed E-state index contributed by atoms with van der Waals surface area (Å²) in [6.45, 7) is 0. The van der Waals surface area contributed by atoms with Crippen LogP contribution >= 0.6 is 23.2 Å². The SMILES string of the molecule is NC(=O)c1ccc2c(c1)C(c1cccc(NC(=O)Cc3ccc(Cl)cc3Cl)c1)=N[NH2+]2. The number of hydrogen-bond donors (Lipinski definition) is 3. The number of fused-ring (bicyclic) bond motifs is 1. The van der Waals surface area contributed by atoms with Gasteiger partial charge in [-0.15, -0.1) is 0 Å². The molecule has 1 aliphatic rings. The lowest BCUT2D eigenvalue weighted by molar-refractivity contribution is -0.573. The van der Waals surface area contributed by atoms with Gasteiger partial charge in [0.15, 0.2) is 5.69 Å². The minimum absolute atomic E-state index is 0.125. The number of hydrogen-bond acceptors (Lipinski definition) is 3. The Kier molecular flexibility index (Phi) is 5.55. The number of carbonyl (C=O) groups is 2. The second-order valence-corrected chi connectivity index (χ2v) is 7.66. The molecule has 0 fully saturated rings. The van der Waals surface area contributed by atoms with Crippen LogP contribution in [0.25, 0.3) is 0 Å². The van der Waals surface area contributed by atoms with Gasteiger partial charge in [-0.2, -0.15) is 5.43 Å². The van der Waals surface area contributed by atoms with Crippen molar-refractivity contribution in [2.24, 2.45) is 10.8 Å². The van der Waals surface area contributed by atoms with Crippen LogP contribution in [-0.2, 0) is 11.2 Å². The summed E-state index contributed by atoms with van der Waals surface area (Å²) < 4.78 is 0. The normalized spacial score (nSPS) is 12.3. The largest absolute Gasteiger partial charge is 0.366 e. The van der Waals surface area contributed by atoms with E-state index in [1.807, 2.05) is 24.3 Å². The predicted octanol–water partition coefficient (Wildman–Crippen LogP) is 3.23. The van der Waals surface area contributed by atoms with Gasteiger partial charge in [0.1, 0.15) is 5.71 Å². The van der Waals surface area contributed by atoms with Crippen LogP contribution in [0.4, 0.5) is 11.4 Å². The van der Waals surface area contributed by atoms with Crippen LogP contribution in [0.1, 0.15) is 27.0 Å². The molecule has 4 rings (SSSR count). The number of amides is 2. The van der Waals surface area contributed by atoms with Crippen LogP contribution in [0.15, 0.2) is 65.8 Å². The summed E-state index contributed by atoms with van der Waals surface area (Å²) in [4.78, 5) is 24.0. The molecule has 0 saturated heterocycles. The van der Waals surface area contributed by atoms with Crippen molar-refractivity contribution in [3.8, 4) is 0 Å². The Morgan fingerprint density at radius 3 is 2.63 bits per heavy atom. The van der Waals surface area contributed by atoms with E-state index in [1.165, 1.54) is 0 Å². The summed E-state index contributed by atoms with van der Waals surface area (Å²) in [6.07, 6.45) is 0.125. The van der Waals surface area contributed by atoms with Crippen molar-refractivity contribution in [3.05, 3.63) is 93.0 Å². The van der Waals surface area contributed by atoms with Crippen LogP contribution in [0.5, 0.6) is 0 Å². The molecule has 2 amide bonds. The number of nitrogens with zero attached hydrogens (tertiary/aromatic N) is 1. The molecule has 0 atom stereocenters. The van der Waals surface area contributed by atoms with Crippen LogP contribution in [-0.4, -0.2) is 17.5 Å². The van der Waals surface area contributed by atoms with Gasteiger partial charge in [0.2, 0.25) is 11.8 Å². The molecule has 0 spiro atoms. The Bertz CT molecular complexity index is 1210. The molecule has 1 aliphatic heterocycles. The molecule has 0 saturated carbocycles. The number of carbonyl (C=O) groups excluding carboxylic acids is 2. The van der Waals surface area contributed by atoms with Crippen molar-refractivity contribution in [1.82, 2.24) is 0 Å². The Hall–Kier alpha value is -3.19. The van der Waals surface area contributed by atoms with Crippen LogP contribution < -0.4 is 16.5 Å². The third kappa shape index (κ3) is 4.21. The van der Waals surface area contributed by atoms with E-state index in [0.29, 0.717) is 32.6 Å². The summed E-state index contributed by atoms with van der Waals surface area (Å²) in [6, 6.07) is 17.6. The molecule has 3 aromatic carbocycles. The predicted molar refractivity (Wildman–Crippen MR) is 117 cm³/mol. The van der Waals surface area contributed by atoms with E-state index < -0.39 is 5.91 Å². The average Bonchev–Trinajstić information content (AvgIpc) is 3.13. The van der Waals surface area contributed by atoms with Gasteiger partial charge >= 0.3 is 0 Å². The van der Waals surface area contributed by atoms with Gasteiger partial charge in [-0.1, -0.05) is 46.5 Å². The van der Waals surface area contributed by atoms with Crippen molar-refractivity contribution in [2.45, 2.75) is 6.42 Å². The number of nitrogens with two attached hydrogens (primary N) is 2. The van der Waals surface area contributed by atoms with Gasteiger partial charge in [-0.05, 0) is 42.0 Å². The average molecular weight is 440 g/mol. The van der Waals surface area contributed by atoms with Crippen molar-refractivity contribution in [1.29, 1.82) is 0 Å². The third-order valence-electron chi connectivity index (χ3n) is 4.71. The van der Waals surface area contributed by atoms with E-state index in [4.69, 9.17) is 28.9 Å². The summed E-state index contributed by atoms with van der Waals surface area (Å²) in [5.74, 6) is -0.696. The number of benzene rings is 3. The fourth-order valence-corrected chi connectivity index (χ4v) is 3.72. The second kappa shape index (κ2) is 8.28. The van der Waals surface area contributed by atoms with Crippen molar-refractivity contribution >= 4 is 52.1 Å². The molecule has 0 radical (unpaired) electrons. The Morgan fingerprint density at radius 1 is 1.03 bits per heavy atom. The van der Waals surface area contributed by atoms with Gasteiger partial charge in [0.05, 0.1) is 12.0 Å². The van der Waals surface area contributed by atoms with Crippen molar-refractivity contribution in [2.75, 3.05) is 5.32 Å². The lowest BCUT2D eigenvalue weighted by atomic mass is 9.99. The molecule has 8 heteroatoms. The van der Waals surface area contributed by atoms with E-state index in [-0.39, 0.29) is 12.3 Å². The van der Waals surface area contributed by atoms with Crippen LogP contribution in [0.3, 0.4) is 0 Å². The first-order chi connectivity index (χ1) is 14.4. The van der Waals surface area contributed by atoms with Crippen LogP contribution in [0, 0.1) is 0 Å². The highest BCUT2D eigenvalue weighted by atomic mass is 35.5. The molecular formula is C22H17Cl2N4O2+. The maximum Gasteiger partial charge on any atom is 0.248 e. The quantitative estimate of drug-likeness (QED) is 0.419. The van der Waals surface area contributed by atoms with Gasteiger partial charge in [-0.25, -0.2) is 0 Å². The number of quaternary nitrogens is 1. The maximum absolute atomic E-state index is 12.5. The van der Waals surface area contributed by atoms with E-state index in [0.717, 1.165) is 16.8 Å². The second-order valence-electron chi connectivity index (χ2n) is 6.81. The summed E-state index contributed by atoms with van der Waals surface area (Å²) >= 11 is 12.1. The monoisotopic (exact) mass is 439 g/mol. The number of rotatable bonds is 5. The zero-order chi connectivity index (χ0) is 21.3. The fourth-order valence-electron chi connectivity index (χ4n) is 3.25. The zero-order valence-electron chi connectivity index (χ0n) is 15.7. The first-order valence-corrected chi connectivity index (χ1v) is 9.86. The molecule has 3 aromatic rings. The minimum Gasteiger partial charge on any atom is -0.366 e. The summed E-state index contributed by atoms with van der Waals surface area (Å²) in [5.41, 5.74) is 12.1. The summed E-state index contributed by atoms with van der Waals surface area (Å²) in [7, 11) is 0. The highest BCUT2D eigenvalue weighted by Gasteiger charge is 2.23. The number of nitrogens with one attached hydrogen (secondary N) is 1. The highest BCUT2D eigenvalue weighted by molar-refractivity contribution is 6.35. The standard InChI is InChI=1S/C22H16Cl2N4O2/c23-15-6-4-12(18(24)11-15)10-20(29)26-16-3-1-2-13(8-16)21-17-9-14(22(25)30)5-7-19(17)27-28-21/h1-9,11H,10H2,(H2,25,30)(H,26,29)(H,27,28)/p+1. The van der Waals surface area contributed by atoms with Gasteiger partial charge in [-0.3, -0.25) is 9.59 Å². The molecule has 0 aromatic heterocycles. The minimum atomic E-state index is -0.495. The molecule has 0 aliphatic carbocycles. The van der Waals surface area contributed by atoms with E-state index >= 15 is 0 Å². The topological polar surface area (TPSA) is 101 Å². The summed E-state index contributed by atoms with van der Waals surface area (Å²) in [5, 5.41) is 8.33. The highest BCUT2D eigenvalue weighted by Crippen LogP contribution is 2.24. The van der Waals surface area contributed by atoms with Crippen molar-refractivity contribution < 1.29 is 15.0 Å². The van der Waals surface area contributed by atoms with E-state index in [1.54, 1.807) is 41.8 Å². The lowest BCUT2D eigenvalue weighted by Crippen LogP contribution is -2.69. The van der Waals surface area contributed by atoms with Crippen molar-refractivity contribution in [3.63, 3.8) is 0 Å². The third-order valence-corrected chi connectivity index (χ3v) is 5.30. The zero-order valence-corrected chi connectivity index (χ0v) is 17.2. The number of primary amides is 1. The maximum atomic E-state index is 12.5. The smallest absolute Gasteiger partial charge is 0.248 e. The molecule has 0 bridgehead atoms. The lowest BCUT2D eigenvalue weighted by Gasteiger charge is -2.09. The first kappa shape index (κ1) is 20.1. The molecule has 5 N–H and O–H groups in total.